The minimum Gasteiger partial charge on any atom is -0.403 e. The number of benzene rings is 1. The molecule has 17 heavy (non-hydrogen) atoms. The minimum atomic E-state index is 0.667. The van der Waals surface area contributed by atoms with Gasteiger partial charge in [0.2, 0.25) is 0 Å². The zero-order valence-electron chi connectivity index (χ0n) is 11.4. The van der Waals surface area contributed by atoms with E-state index in [4.69, 9.17) is 11.5 Å². The second-order valence-electron chi connectivity index (χ2n) is 3.42. The van der Waals surface area contributed by atoms with Crippen LogP contribution in [-0.4, -0.2) is 0 Å². The van der Waals surface area contributed by atoms with Gasteiger partial charge in [0.05, 0.1) is 0 Å². The molecule has 1 rings (SSSR count). The van der Waals surface area contributed by atoms with E-state index in [-0.39, 0.29) is 0 Å². The Morgan fingerprint density at radius 2 is 1.88 bits per heavy atom. The molecule has 0 radical (unpaired) electrons. The smallest absolute Gasteiger partial charge is 0.0316 e. The first-order valence-corrected chi connectivity index (χ1v) is 5.92. The summed E-state index contributed by atoms with van der Waals surface area (Å²) in [4.78, 5) is 0. The quantitative estimate of drug-likeness (QED) is 0.615. The molecule has 0 unspecified atom stereocenters. The second kappa shape index (κ2) is 12.4. The number of rotatable bonds is 3. The van der Waals surface area contributed by atoms with Crippen LogP contribution in [0.15, 0.2) is 49.2 Å². The highest BCUT2D eigenvalue weighted by Gasteiger charge is 1.90. The Morgan fingerprint density at radius 3 is 2.29 bits per heavy atom. The number of allylic oxidation sites excluding steroid dienone is 2. The van der Waals surface area contributed by atoms with Crippen molar-refractivity contribution in [2.45, 2.75) is 33.6 Å². The van der Waals surface area contributed by atoms with Crippen molar-refractivity contribution in [1.82, 2.24) is 0 Å². The van der Waals surface area contributed by atoms with Gasteiger partial charge in [-0.25, -0.2) is 0 Å². The SMILES string of the molecule is C=C(C)N.C=CCCc1cccc(N)c1.CC. The third-order valence-corrected chi connectivity index (χ3v) is 1.59. The van der Waals surface area contributed by atoms with Crippen molar-refractivity contribution in [3.05, 3.63) is 54.8 Å². The molecule has 0 heterocycles. The van der Waals surface area contributed by atoms with Crippen molar-refractivity contribution in [2.75, 3.05) is 5.73 Å². The van der Waals surface area contributed by atoms with Crippen LogP contribution in [0.2, 0.25) is 0 Å². The molecule has 0 saturated heterocycles. The summed E-state index contributed by atoms with van der Waals surface area (Å²) in [7, 11) is 0. The summed E-state index contributed by atoms with van der Waals surface area (Å²) in [6.45, 7) is 12.8. The van der Waals surface area contributed by atoms with Gasteiger partial charge in [-0.3, -0.25) is 0 Å². The minimum absolute atomic E-state index is 0.667. The van der Waals surface area contributed by atoms with E-state index in [0.29, 0.717) is 5.70 Å². The molecule has 0 aromatic heterocycles. The van der Waals surface area contributed by atoms with Gasteiger partial charge in [0.1, 0.15) is 0 Å². The second-order valence-corrected chi connectivity index (χ2v) is 3.42. The molecule has 0 fully saturated rings. The molecule has 0 amide bonds. The number of hydrogen-bond donors (Lipinski definition) is 2. The monoisotopic (exact) mass is 234 g/mol. The van der Waals surface area contributed by atoms with Gasteiger partial charge < -0.3 is 11.5 Å². The molecular weight excluding hydrogens is 208 g/mol. The van der Waals surface area contributed by atoms with Crippen LogP contribution in [0.3, 0.4) is 0 Å². The molecular formula is C15H26N2. The Kier molecular flexibility index (Phi) is 12.9. The van der Waals surface area contributed by atoms with Crippen molar-refractivity contribution < 1.29 is 0 Å². The fourth-order valence-corrected chi connectivity index (χ4v) is 1.02. The summed E-state index contributed by atoms with van der Waals surface area (Å²) in [5.41, 5.74) is 13.3. The van der Waals surface area contributed by atoms with Crippen LogP contribution in [0.1, 0.15) is 32.8 Å². The van der Waals surface area contributed by atoms with Crippen molar-refractivity contribution >= 4 is 5.69 Å². The predicted octanol–water partition coefficient (Wildman–Crippen LogP) is 3.89. The lowest BCUT2D eigenvalue weighted by atomic mass is 10.1. The van der Waals surface area contributed by atoms with E-state index in [9.17, 15) is 0 Å². The molecule has 0 bridgehead atoms. The number of hydrogen-bond acceptors (Lipinski definition) is 2. The molecule has 2 heteroatoms. The number of anilines is 1. The van der Waals surface area contributed by atoms with E-state index in [1.165, 1.54) is 5.56 Å². The van der Waals surface area contributed by atoms with Gasteiger partial charge in [-0.15, -0.1) is 6.58 Å². The highest BCUT2D eigenvalue weighted by atomic mass is 14.5. The van der Waals surface area contributed by atoms with Crippen LogP contribution in [0.5, 0.6) is 0 Å². The van der Waals surface area contributed by atoms with E-state index in [2.05, 4.69) is 19.2 Å². The molecule has 0 aliphatic carbocycles. The van der Waals surface area contributed by atoms with Gasteiger partial charge in [-0.1, -0.05) is 38.6 Å². The lowest BCUT2D eigenvalue weighted by Crippen LogP contribution is -1.87. The number of nitrogen functional groups attached to an aromatic ring is 1. The Bertz CT molecular complexity index is 312. The molecule has 0 saturated carbocycles. The first-order chi connectivity index (χ1) is 8.06. The van der Waals surface area contributed by atoms with Gasteiger partial charge in [-0.2, -0.15) is 0 Å². The average molecular weight is 234 g/mol. The van der Waals surface area contributed by atoms with Crippen LogP contribution < -0.4 is 11.5 Å². The molecule has 0 spiro atoms. The summed E-state index contributed by atoms with van der Waals surface area (Å²) < 4.78 is 0. The Labute approximate surface area is 106 Å². The highest BCUT2D eigenvalue weighted by molar-refractivity contribution is 5.40. The summed E-state index contributed by atoms with van der Waals surface area (Å²) in [6, 6.07) is 7.97. The van der Waals surface area contributed by atoms with Crippen LogP contribution in [0.25, 0.3) is 0 Å². The standard InChI is InChI=1S/C10H13N.C3H7N.C2H6/c1-2-3-5-9-6-4-7-10(11)8-9;1-3(2)4;1-2/h2,4,6-8H,1,3,5,11H2;1,4H2,2H3;1-2H3. The maximum Gasteiger partial charge on any atom is 0.0316 e. The normalized spacial score (nSPS) is 7.94. The predicted molar refractivity (Wildman–Crippen MR) is 79.7 cm³/mol. The van der Waals surface area contributed by atoms with Gasteiger partial charge in [0, 0.05) is 5.69 Å². The lowest BCUT2D eigenvalue weighted by Gasteiger charge is -1.98. The molecule has 0 atom stereocenters. The van der Waals surface area contributed by atoms with Crippen LogP contribution in [0.4, 0.5) is 5.69 Å². The molecule has 1 aromatic carbocycles. The van der Waals surface area contributed by atoms with E-state index >= 15 is 0 Å². The fourth-order valence-electron chi connectivity index (χ4n) is 1.02. The van der Waals surface area contributed by atoms with Crippen molar-refractivity contribution in [3.63, 3.8) is 0 Å². The van der Waals surface area contributed by atoms with Crippen molar-refractivity contribution in [2.24, 2.45) is 5.73 Å². The first-order valence-electron chi connectivity index (χ1n) is 5.92. The third kappa shape index (κ3) is 14.3. The van der Waals surface area contributed by atoms with E-state index < -0.39 is 0 Å². The van der Waals surface area contributed by atoms with E-state index in [0.717, 1.165) is 18.5 Å². The average Bonchev–Trinajstić information content (AvgIpc) is 2.28. The molecule has 0 aliphatic heterocycles. The highest BCUT2D eigenvalue weighted by Crippen LogP contribution is 2.08. The van der Waals surface area contributed by atoms with Crippen molar-refractivity contribution in [1.29, 1.82) is 0 Å². The van der Waals surface area contributed by atoms with Gasteiger partial charge >= 0.3 is 0 Å². The maximum atomic E-state index is 5.60. The third-order valence-electron chi connectivity index (χ3n) is 1.59. The molecule has 2 nitrogen and oxygen atoms in total. The fraction of sp³-hybridized carbons (Fsp3) is 0.333. The van der Waals surface area contributed by atoms with Crippen LogP contribution in [-0.2, 0) is 6.42 Å². The largest absolute Gasteiger partial charge is 0.403 e. The molecule has 4 N–H and O–H groups in total. The summed E-state index contributed by atoms with van der Waals surface area (Å²) in [6.07, 6.45) is 3.97. The van der Waals surface area contributed by atoms with Crippen LogP contribution in [0, 0.1) is 0 Å². The van der Waals surface area contributed by atoms with Gasteiger partial charge in [0.25, 0.3) is 0 Å². The van der Waals surface area contributed by atoms with Crippen molar-refractivity contribution in [3.8, 4) is 0 Å². The molecule has 96 valence electrons. The zero-order chi connectivity index (χ0) is 13.7. The number of nitrogens with two attached hydrogens (primary N) is 2. The number of aryl methyl sites for hydroxylation is 1. The van der Waals surface area contributed by atoms with Gasteiger partial charge in [-0.05, 0) is 43.2 Å². The Morgan fingerprint density at radius 1 is 1.35 bits per heavy atom. The Hall–Kier alpha value is -1.70. The van der Waals surface area contributed by atoms with E-state index in [1.807, 2.05) is 38.1 Å². The zero-order valence-corrected chi connectivity index (χ0v) is 11.4. The first kappa shape index (κ1) is 17.7. The Balaban J connectivity index is 0. The molecule has 1 aromatic rings. The van der Waals surface area contributed by atoms with Crippen LogP contribution >= 0.6 is 0 Å². The van der Waals surface area contributed by atoms with Gasteiger partial charge in [0.15, 0.2) is 0 Å². The maximum absolute atomic E-state index is 5.60. The lowest BCUT2D eigenvalue weighted by molar-refractivity contribution is 1.01. The summed E-state index contributed by atoms with van der Waals surface area (Å²) >= 11 is 0. The summed E-state index contributed by atoms with van der Waals surface area (Å²) in [5.74, 6) is 0. The summed E-state index contributed by atoms with van der Waals surface area (Å²) in [5, 5.41) is 0. The van der Waals surface area contributed by atoms with E-state index in [1.54, 1.807) is 6.92 Å². The topological polar surface area (TPSA) is 52.0 Å². The molecule has 0 aliphatic rings.